The number of nitrogens with two attached hydrogens (primary N) is 1. The SMILES string of the molecule is Nc1ccc(NC(=O)CCn2cnccc2=O)c(Cl)c1. The molecule has 0 aliphatic carbocycles. The van der Waals surface area contributed by atoms with Gasteiger partial charge >= 0.3 is 0 Å². The third-order valence-corrected chi connectivity index (χ3v) is 2.95. The summed E-state index contributed by atoms with van der Waals surface area (Å²) in [6.45, 7) is 0.255. The Balaban J connectivity index is 1.96. The summed E-state index contributed by atoms with van der Waals surface area (Å²) >= 11 is 5.96. The Morgan fingerprint density at radius 3 is 2.90 bits per heavy atom. The minimum absolute atomic E-state index is 0.145. The number of hydrogen-bond donors (Lipinski definition) is 2. The van der Waals surface area contributed by atoms with Crippen LogP contribution in [-0.2, 0) is 11.3 Å². The van der Waals surface area contributed by atoms with Crippen molar-refractivity contribution in [2.75, 3.05) is 11.1 Å². The summed E-state index contributed by atoms with van der Waals surface area (Å²) in [7, 11) is 0. The molecule has 1 aromatic heterocycles. The maximum atomic E-state index is 11.8. The molecular weight excluding hydrogens is 280 g/mol. The van der Waals surface area contributed by atoms with E-state index >= 15 is 0 Å². The lowest BCUT2D eigenvalue weighted by molar-refractivity contribution is -0.116. The summed E-state index contributed by atoms with van der Waals surface area (Å²) in [6, 6.07) is 6.18. The third kappa shape index (κ3) is 3.58. The van der Waals surface area contributed by atoms with Crippen molar-refractivity contribution >= 4 is 28.9 Å². The van der Waals surface area contributed by atoms with E-state index in [0.717, 1.165) is 0 Å². The van der Waals surface area contributed by atoms with Crippen molar-refractivity contribution < 1.29 is 4.79 Å². The van der Waals surface area contributed by atoms with Gasteiger partial charge in [0.15, 0.2) is 0 Å². The molecular formula is C13H13ClN4O2. The highest BCUT2D eigenvalue weighted by Crippen LogP contribution is 2.24. The Morgan fingerprint density at radius 1 is 1.40 bits per heavy atom. The number of carbonyl (C=O) groups excluding carboxylic acids is 1. The van der Waals surface area contributed by atoms with E-state index in [4.69, 9.17) is 17.3 Å². The molecule has 0 unspecified atom stereocenters. The molecule has 0 radical (unpaired) electrons. The summed E-state index contributed by atoms with van der Waals surface area (Å²) in [5.74, 6) is -0.243. The van der Waals surface area contributed by atoms with Crippen molar-refractivity contribution in [3.63, 3.8) is 0 Å². The summed E-state index contributed by atoms with van der Waals surface area (Å²) < 4.78 is 1.37. The van der Waals surface area contributed by atoms with Crippen molar-refractivity contribution in [3.8, 4) is 0 Å². The van der Waals surface area contributed by atoms with Crippen LogP contribution < -0.4 is 16.6 Å². The van der Waals surface area contributed by atoms with Gasteiger partial charge in [-0.2, -0.15) is 0 Å². The number of nitrogens with zero attached hydrogens (tertiary/aromatic N) is 2. The fourth-order valence-electron chi connectivity index (χ4n) is 1.61. The topological polar surface area (TPSA) is 90.0 Å². The molecule has 104 valence electrons. The lowest BCUT2D eigenvalue weighted by Gasteiger charge is -2.08. The molecule has 1 aromatic carbocycles. The number of benzene rings is 1. The van der Waals surface area contributed by atoms with Crippen molar-refractivity contribution in [2.24, 2.45) is 0 Å². The van der Waals surface area contributed by atoms with Gasteiger partial charge in [-0.15, -0.1) is 0 Å². The summed E-state index contributed by atoms with van der Waals surface area (Å²) in [5.41, 5.74) is 6.38. The highest BCUT2D eigenvalue weighted by atomic mass is 35.5. The first-order chi connectivity index (χ1) is 9.56. The molecule has 6 nitrogen and oxygen atoms in total. The fourth-order valence-corrected chi connectivity index (χ4v) is 1.85. The highest BCUT2D eigenvalue weighted by molar-refractivity contribution is 6.34. The quantitative estimate of drug-likeness (QED) is 0.836. The zero-order chi connectivity index (χ0) is 14.5. The Labute approximate surface area is 120 Å². The first-order valence-corrected chi connectivity index (χ1v) is 6.29. The molecule has 3 N–H and O–H groups in total. The average Bonchev–Trinajstić information content (AvgIpc) is 2.41. The van der Waals surface area contributed by atoms with Gasteiger partial charge in [-0.3, -0.25) is 14.2 Å². The van der Waals surface area contributed by atoms with Gasteiger partial charge in [0.05, 0.1) is 17.0 Å². The molecule has 0 aliphatic rings. The summed E-state index contributed by atoms with van der Waals surface area (Å²) in [6.07, 6.45) is 2.95. The van der Waals surface area contributed by atoms with E-state index in [1.54, 1.807) is 18.2 Å². The number of nitrogen functional groups attached to an aromatic ring is 1. The molecule has 0 bridgehead atoms. The molecule has 1 amide bonds. The number of amides is 1. The Hall–Kier alpha value is -2.34. The van der Waals surface area contributed by atoms with Gasteiger partial charge < -0.3 is 11.1 Å². The first kappa shape index (κ1) is 14.1. The molecule has 0 aliphatic heterocycles. The van der Waals surface area contributed by atoms with Crippen LogP contribution in [0.3, 0.4) is 0 Å². The third-order valence-electron chi connectivity index (χ3n) is 2.64. The van der Waals surface area contributed by atoms with E-state index in [1.165, 1.54) is 23.2 Å². The number of hydrogen-bond acceptors (Lipinski definition) is 4. The van der Waals surface area contributed by atoms with Gasteiger partial charge in [-0.05, 0) is 18.2 Å². The summed E-state index contributed by atoms with van der Waals surface area (Å²) in [5, 5.41) is 3.04. The zero-order valence-corrected chi connectivity index (χ0v) is 11.3. The van der Waals surface area contributed by atoms with Crippen LogP contribution in [-0.4, -0.2) is 15.5 Å². The van der Waals surface area contributed by atoms with Crippen LogP contribution in [0.1, 0.15) is 6.42 Å². The second kappa shape index (κ2) is 6.21. The van der Waals surface area contributed by atoms with Gasteiger partial charge in [0.1, 0.15) is 0 Å². The van der Waals surface area contributed by atoms with Crippen LogP contribution in [0.5, 0.6) is 0 Å². The standard InChI is InChI=1S/C13H13ClN4O2/c14-10-7-9(15)1-2-11(10)17-12(19)4-6-18-8-16-5-3-13(18)20/h1-3,5,7-8H,4,6,15H2,(H,17,19). The van der Waals surface area contributed by atoms with E-state index in [9.17, 15) is 9.59 Å². The molecule has 2 aromatic rings. The first-order valence-electron chi connectivity index (χ1n) is 5.91. The lowest BCUT2D eigenvalue weighted by atomic mass is 10.2. The van der Waals surface area contributed by atoms with Gasteiger partial charge in [0, 0.05) is 30.9 Å². The zero-order valence-electron chi connectivity index (χ0n) is 10.5. The van der Waals surface area contributed by atoms with Crippen molar-refractivity contribution in [2.45, 2.75) is 13.0 Å². The van der Waals surface area contributed by atoms with Crippen LogP contribution in [0.25, 0.3) is 0 Å². The highest BCUT2D eigenvalue weighted by Gasteiger charge is 2.07. The molecule has 0 saturated carbocycles. The van der Waals surface area contributed by atoms with Crippen LogP contribution >= 0.6 is 11.6 Å². The van der Waals surface area contributed by atoms with Crippen molar-refractivity contribution in [3.05, 3.63) is 52.2 Å². The molecule has 0 fully saturated rings. The normalized spacial score (nSPS) is 10.2. The molecule has 7 heteroatoms. The number of rotatable bonds is 4. The number of nitrogens with one attached hydrogen (secondary N) is 1. The second-order valence-corrected chi connectivity index (χ2v) is 4.56. The molecule has 0 atom stereocenters. The number of aromatic nitrogens is 2. The number of aryl methyl sites for hydroxylation is 1. The summed E-state index contributed by atoms with van der Waals surface area (Å²) in [4.78, 5) is 27.1. The van der Waals surface area contributed by atoms with Crippen LogP contribution in [0.4, 0.5) is 11.4 Å². The van der Waals surface area contributed by atoms with E-state index < -0.39 is 0 Å². The van der Waals surface area contributed by atoms with Gasteiger partial charge in [0.25, 0.3) is 5.56 Å². The van der Waals surface area contributed by atoms with E-state index in [0.29, 0.717) is 16.4 Å². The number of anilines is 2. The van der Waals surface area contributed by atoms with Gasteiger partial charge in [0.2, 0.25) is 5.91 Å². The van der Waals surface area contributed by atoms with E-state index in [2.05, 4.69) is 10.3 Å². The van der Waals surface area contributed by atoms with Gasteiger partial charge in [-0.1, -0.05) is 11.6 Å². The van der Waals surface area contributed by atoms with Crippen molar-refractivity contribution in [1.29, 1.82) is 0 Å². The second-order valence-electron chi connectivity index (χ2n) is 4.15. The predicted molar refractivity (Wildman–Crippen MR) is 77.6 cm³/mol. The van der Waals surface area contributed by atoms with Crippen LogP contribution in [0, 0.1) is 0 Å². The maximum Gasteiger partial charge on any atom is 0.253 e. The largest absolute Gasteiger partial charge is 0.399 e. The fraction of sp³-hybridized carbons (Fsp3) is 0.154. The Bertz CT molecular complexity index is 684. The molecule has 1 heterocycles. The van der Waals surface area contributed by atoms with E-state index in [1.807, 2.05) is 0 Å². The molecule has 0 saturated heterocycles. The smallest absolute Gasteiger partial charge is 0.253 e. The van der Waals surface area contributed by atoms with E-state index in [-0.39, 0.29) is 24.4 Å². The Morgan fingerprint density at radius 2 is 2.20 bits per heavy atom. The van der Waals surface area contributed by atoms with Gasteiger partial charge in [-0.25, -0.2) is 4.98 Å². The minimum atomic E-state index is -0.243. The maximum absolute atomic E-state index is 11.8. The lowest BCUT2D eigenvalue weighted by Crippen LogP contribution is -2.22. The van der Waals surface area contributed by atoms with Crippen molar-refractivity contribution in [1.82, 2.24) is 9.55 Å². The number of carbonyl (C=O) groups is 1. The van der Waals surface area contributed by atoms with Crippen LogP contribution in [0.2, 0.25) is 5.02 Å². The molecule has 2 rings (SSSR count). The Kier molecular flexibility index (Phi) is 4.37. The number of halogens is 1. The molecule has 0 spiro atoms. The minimum Gasteiger partial charge on any atom is -0.399 e. The average molecular weight is 293 g/mol. The monoisotopic (exact) mass is 292 g/mol. The van der Waals surface area contributed by atoms with Crippen LogP contribution in [0.15, 0.2) is 41.6 Å². The predicted octanol–water partition coefficient (Wildman–Crippen LogP) is 1.51. The molecule has 20 heavy (non-hydrogen) atoms.